The highest BCUT2D eigenvalue weighted by atomic mass is 16.6. The fourth-order valence-corrected chi connectivity index (χ4v) is 1.50. The van der Waals surface area contributed by atoms with Gasteiger partial charge < -0.3 is 10.1 Å². The van der Waals surface area contributed by atoms with Gasteiger partial charge in [0.15, 0.2) is 0 Å². The molecule has 1 unspecified atom stereocenters. The van der Waals surface area contributed by atoms with Crippen LogP contribution in [0.2, 0.25) is 0 Å². The first-order valence-electron chi connectivity index (χ1n) is 5.62. The molecule has 0 fully saturated rings. The van der Waals surface area contributed by atoms with Crippen LogP contribution in [0, 0.1) is 21.4 Å². The molecule has 6 nitrogen and oxygen atoms in total. The average molecular weight is 249 g/mol. The van der Waals surface area contributed by atoms with Crippen molar-refractivity contribution in [3.8, 4) is 6.07 Å². The maximum atomic E-state index is 10.9. The number of nitro benzene ring substituents is 1. The van der Waals surface area contributed by atoms with Crippen LogP contribution in [0.1, 0.15) is 19.4 Å². The number of anilines is 1. The Morgan fingerprint density at radius 3 is 2.89 bits per heavy atom. The highest BCUT2D eigenvalue weighted by Gasteiger charge is 2.15. The van der Waals surface area contributed by atoms with E-state index in [-0.39, 0.29) is 17.4 Å². The lowest BCUT2D eigenvalue weighted by Crippen LogP contribution is -2.20. The Labute approximate surface area is 105 Å². The summed E-state index contributed by atoms with van der Waals surface area (Å²) in [5.74, 6) is 0. The topological polar surface area (TPSA) is 88.2 Å². The van der Waals surface area contributed by atoms with E-state index in [1.165, 1.54) is 12.1 Å². The fourth-order valence-electron chi connectivity index (χ4n) is 1.50. The molecule has 96 valence electrons. The lowest BCUT2D eigenvalue weighted by Gasteiger charge is -2.13. The molecular formula is C12H15N3O3. The summed E-state index contributed by atoms with van der Waals surface area (Å²) in [6.07, 6.45) is -0.0368. The summed E-state index contributed by atoms with van der Waals surface area (Å²) in [6, 6.07) is 6.21. The van der Waals surface area contributed by atoms with E-state index in [0.717, 1.165) is 0 Å². The molecule has 1 N–H and O–H groups in total. The minimum atomic E-state index is -0.505. The quantitative estimate of drug-likeness (QED) is 0.617. The molecule has 0 radical (unpaired) electrons. The lowest BCUT2D eigenvalue weighted by atomic mass is 10.2. The molecule has 1 atom stereocenters. The van der Waals surface area contributed by atoms with Crippen molar-refractivity contribution in [2.24, 2.45) is 0 Å². The molecule has 0 aliphatic rings. The predicted molar refractivity (Wildman–Crippen MR) is 67.4 cm³/mol. The second kappa shape index (κ2) is 6.57. The van der Waals surface area contributed by atoms with Crippen LogP contribution in [0.4, 0.5) is 11.4 Å². The Kier molecular flexibility index (Phi) is 5.08. The van der Waals surface area contributed by atoms with Crippen molar-refractivity contribution in [3.05, 3.63) is 33.9 Å². The number of hydrogen-bond acceptors (Lipinski definition) is 5. The zero-order chi connectivity index (χ0) is 13.5. The number of rotatable bonds is 6. The summed E-state index contributed by atoms with van der Waals surface area (Å²) in [4.78, 5) is 10.4. The van der Waals surface area contributed by atoms with E-state index in [0.29, 0.717) is 18.8 Å². The zero-order valence-corrected chi connectivity index (χ0v) is 10.3. The van der Waals surface area contributed by atoms with Gasteiger partial charge in [0.25, 0.3) is 5.69 Å². The smallest absolute Gasteiger partial charge is 0.293 e. The van der Waals surface area contributed by atoms with Crippen molar-refractivity contribution < 1.29 is 9.66 Å². The van der Waals surface area contributed by atoms with Gasteiger partial charge in [-0.2, -0.15) is 5.26 Å². The van der Waals surface area contributed by atoms with Crippen LogP contribution in [0.3, 0.4) is 0 Å². The molecular weight excluding hydrogens is 234 g/mol. The van der Waals surface area contributed by atoms with Crippen LogP contribution >= 0.6 is 0 Å². The minimum Gasteiger partial charge on any atom is -0.377 e. The van der Waals surface area contributed by atoms with Crippen LogP contribution in [0.5, 0.6) is 0 Å². The second-order valence-electron chi connectivity index (χ2n) is 3.75. The molecule has 1 aromatic rings. The number of nitrogens with zero attached hydrogens (tertiary/aromatic N) is 2. The summed E-state index contributed by atoms with van der Waals surface area (Å²) < 4.78 is 5.32. The van der Waals surface area contributed by atoms with Crippen LogP contribution < -0.4 is 5.32 Å². The summed E-state index contributed by atoms with van der Waals surface area (Å²) >= 11 is 0. The van der Waals surface area contributed by atoms with E-state index < -0.39 is 4.92 Å². The van der Waals surface area contributed by atoms with Gasteiger partial charge >= 0.3 is 0 Å². The third-order valence-corrected chi connectivity index (χ3v) is 2.35. The predicted octanol–water partition coefficient (Wildman–Crippen LogP) is 2.30. The van der Waals surface area contributed by atoms with Crippen molar-refractivity contribution in [3.63, 3.8) is 0 Å². The largest absolute Gasteiger partial charge is 0.377 e. The summed E-state index contributed by atoms with van der Waals surface area (Å²) in [6.45, 7) is 4.84. The number of nitrogens with one attached hydrogen (secondary N) is 1. The lowest BCUT2D eigenvalue weighted by molar-refractivity contribution is -0.384. The minimum absolute atomic E-state index is 0.0368. The summed E-state index contributed by atoms with van der Waals surface area (Å²) in [5, 5.41) is 22.5. The van der Waals surface area contributed by atoms with E-state index >= 15 is 0 Å². The first-order chi connectivity index (χ1) is 8.58. The maximum Gasteiger partial charge on any atom is 0.293 e. The summed E-state index contributed by atoms with van der Waals surface area (Å²) in [7, 11) is 0. The number of hydrogen-bond donors (Lipinski definition) is 1. The van der Waals surface area contributed by atoms with Gasteiger partial charge in [0.1, 0.15) is 5.69 Å². The molecule has 1 aromatic carbocycles. The molecule has 0 spiro atoms. The number of benzene rings is 1. The van der Waals surface area contributed by atoms with E-state index in [1.807, 2.05) is 19.9 Å². The zero-order valence-electron chi connectivity index (χ0n) is 10.3. The molecule has 0 amide bonds. The van der Waals surface area contributed by atoms with Crippen LogP contribution in [-0.2, 0) is 4.74 Å². The van der Waals surface area contributed by atoms with Crippen molar-refractivity contribution in [2.45, 2.75) is 20.0 Å². The molecule has 0 aromatic heterocycles. The van der Waals surface area contributed by atoms with Gasteiger partial charge in [-0.1, -0.05) is 0 Å². The van der Waals surface area contributed by atoms with E-state index in [4.69, 9.17) is 10.00 Å². The van der Waals surface area contributed by atoms with Crippen LogP contribution in [-0.4, -0.2) is 24.2 Å². The third-order valence-electron chi connectivity index (χ3n) is 2.35. The summed E-state index contributed by atoms with van der Waals surface area (Å²) in [5.41, 5.74) is 0.563. The Morgan fingerprint density at radius 2 is 2.33 bits per heavy atom. The van der Waals surface area contributed by atoms with Gasteiger partial charge in [0.2, 0.25) is 0 Å². The van der Waals surface area contributed by atoms with E-state index in [1.54, 1.807) is 6.07 Å². The Hall–Kier alpha value is -2.13. The normalized spacial score (nSPS) is 11.6. The third kappa shape index (κ3) is 3.71. The standard InChI is InChI=1S/C12H15N3O3/c1-3-18-9(2)8-14-11-5-4-10(7-13)6-12(11)15(16)17/h4-6,9,14H,3,8H2,1-2H3. The van der Waals surface area contributed by atoms with Gasteiger partial charge in [-0.15, -0.1) is 0 Å². The molecule has 1 rings (SSSR count). The van der Waals surface area contributed by atoms with Gasteiger partial charge in [-0.3, -0.25) is 10.1 Å². The molecule has 0 heterocycles. The Morgan fingerprint density at radius 1 is 1.61 bits per heavy atom. The SMILES string of the molecule is CCOC(C)CNc1ccc(C#N)cc1[N+](=O)[O-]. The monoisotopic (exact) mass is 249 g/mol. The van der Waals surface area contributed by atoms with Crippen molar-refractivity contribution in [1.29, 1.82) is 5.26 Å². The van der Waals surface area contributed by atoms with Crippen LogP contribution in [0.15, 0.2) is 18.2 Å². The fraction of sp³-hybridized carbons (Fsp3) is 0.417. The molecule has 6 heteroatoms. The van der Waals surface area contributed by atoms with Gasteiger partial charge in [-0.05, 0) is 26.0 Å². The number of nitriles is 1. The van der Waals surface area contributed by atoms with Crippen molar-refractivity contribution >= 4 is 11.4 Å². The molecule has 0 aliphatic carbocycles. The first-order valence-corrected chi connectivity index (χ1v) is 5.62. The average Bonchev–Trinajstić information content (AvgIpc) is 2.36. The van der Waals surface area contributed by atoms with Gasteiger partial charge in [-0.25, -0.2) is 0 Å². The molecule has 0 aliphatic heterocycles. The Bertz CT molecular complexity index is 468. The van der Waals surface area contributed by atoms with E-state index in [2.05, 4.69) is 5.32 Å². The Balaban J connectivity index is 2.82. The van der Waals surface area contributed by atoms with E-state index in [9.17, 15) is 10.1 Å². The van der Waals surface area contributed by atoms with Gasteiger partial charge in [0.05, 0.1) is 22.7 Å². The van der Waals surface area contributed by atoms with Crippen molar-refractivity contribution in [1.82, 2.24) is 0 Å². The second-order valence-corrected chi connectivity index (χ2v) is 3.75. The first kappa shape index (κ1) is 13.9. The van der Waals surface area contributed by atoms with Gasteiger partial charge in [0, 0.05) is 19.2 Å². The highest BCUT2D eigenvalue weighted by molar-refractivity contribution is 5.64. The molecule has 0 bridgehead atoms. The molecule has 0 saturated heterocycles. The number of ether oxygens (including phenoxy) is 1. The maximum absolute atomic E-state index is 10.9. The molecule has 0 saturated carbocycles. The highest BCUT2D eigenvalue weighted by Crippen LogP contribution is 2.25. The number of nitro groups is 1. The van der Waals surface area contributed by atoms with Crippen LogP contribution in [0.25, 0.3) is 0 Å². The molecule has 18 heavy (non-hydrogen) atoms. The van der Waals surface area contributed by atoms with Crippen molar-refractivity contribution in [2.75, 3.05) is 18.5 Å².